The van der Waals surface area contributed by atoms with Gasteiger partial charge in [-0.2, -0.15) is 0 Å². The van der Waals surface area contributed by atoms with Gasteiger partial charge in [-0.15, -0.1) is 0 Å². The highest BCUT2D eigenvalue weighted by molar-refractivity contribution is 6.03. The molecule has 1 unspecified atom stereocenters. The molecule has 0 radical (unpaired) electrons. The molecule has 0 saturated heterocycles. The van der Waals surface area contributed by atoms with Crippen LogP contribution in [0.3, 0.4) is 0 Å². The summed E-state index contributed by atoms with van der Waals surface area (Å²) in [7, 11) is 0. The summed E-state index contributed by atoms with van der Waals surface area (Å²) in [5.74, 6) is 0.867. The average molecular weight is 233 g/mol. The van der Waals surface area contributed by atoms with Gasteiger partial charge in [-0.25, -0.2) is 0 Å². The predicted octanol–water partition coefficient (Wildman–Crippen LogP) is 2.18. The summed E-state index contributed by atoms with van der Waals surface area (Å²) in [4.78, 5) is 12.5. The largest absolute Gasteiger partial charge is 0.492 e. The number of ether oxygens (including phenoxy) is 1. The molecule has 1 aliphatic rings. The molecule has 0 saturated carbocycles. The molecule has 1 aromatic rings. The average Bonchev–Trinajstić information content (AvgIpc) is 2.85. The molecule has 1 aliphatic heterocycles. The molecule has 2 rings (SSSR count). The highest BCUT2D eigenvalue weighted by atomic mass is 16.5. The Balaban J connectivity index is 2.41. The molecule has 92 valence electrons. The van der Waals surface area contributed by atoms with Crippen molar-refractivity contribution >= 4 is 5.78 Å². The maximum atomic E-state index is 12.5. The van der Waals surface area contributed by atoms with Crippen LogP contribution in [0.25, 0.3) is 0 Å². The van der Waals surface area contributed by atoms with Gasteiger partial charge in [0, 0.05) is 18.4 Å². The Morgan fingerprint density at radius 2 is 2.29 bits per heavy atom. The van der Waals surface area contributed by atoms with Gasteiger partial charge >= 0.3 is 0 Å². The molecule has 1 atom stereocenters. The van der Waals surface area contributed by atoms with Crippen LogP contribution in [0.5, 0.6) is 5.75 Å². The Kier molecular flexibility index (Phi) is 3.20. The Labute approximate surface area is 102 Å². The van der Waals surface area contributed by atoms with Crippen LogP contribution < -0.4 is 10.5 Å². The van der Waals surface area contributed by atoms with Crippen molar-refractivity contribution in [3.63, 3.8) is 0 Å². The number of carbonyl (C=O) groups is 1. The van der Waals surface area contributed by atoms with Crippen LogP contribution in [0.15, 0.2) is 18.2 Å². The van der Waals surface area contributed by atoms with E-state index in [9.17, 15) is 4.79 Å². The van der Waals surface area contributed by atoms with Gasteiger partial charge in [0.1, 0.15) is 5.75 Å². The van der Waals surface area contributed by atoms with Crippen molar-refractivity contribution in [3.8, 4) is 5.75 Å². The third-order valence-corrected chi connectivity index (χ3v) is 3.74. The van der Waals surface area contributed by atoms with E-state index in [2.05, 4.69) is 0 Å². The summed E-state index contributed by atoms with van der Waals surface area (Å²) >= 11 is 0. The molecular weight excluding hydrogens is 214 g/mol. The molecule has 0 fully saturated rings. The van der Waals surface area contributed by atoms with Crippen molar-refractivity contribution in [3.05, 3.63) is 29.3 Å². The quantitative estimate of drug-likeness (QED) is 0.811. The van der Waals surface area contributed by atoms with E-state index in [1.165, 1.54) is 0 Å². The number of benzene rings is 1. The molecule has 0 amide bonds. The number of para-hydroxylation sites is 1. The van der Waals surface area contributed by atoms with Gasteiger partial charge in [0.05, 0.1) is 12.2 Å². The maximum Gasteiger partial charge on any atom is 0.173 e. The van der Waals surface area contributed by atoms with E-state index in [4.69, 9.17) is 10.5 Å². The molecule has 2 N–H and O–H groups in total. The van der Waals surface area contributed by atoms with Crippen molar-refractivity contribution in [1.29, 1.82) is 0 Å². The standard InChI is InChI=1S/C14H19NO2/c1-3-14(2,9-15)13(16)11-6-4-5-10-7-8-17-12(10)11/h4-6H,3,7-9,15H2,1-2H3. The van der Waals surface area contributed by atoms with Crippen LogP contribution in [0.4, 0.5) is 0 Å². The van der Waals surface area contributed by atoms with Crippen LogP contribution in [0, 0.1) is 5.41 Å². The minimum Gasteiger partial charge on any atom is -0.492 e. The van der Waals surface area contributed by atoms with Gasteiger partial charge in [-0.05, 0) is 18.1 Å². The fraction of sp³-hybridized carbons (Fsp3) is 0.500. The van der Waals surface area contributed by atoms with E-state index in [-0.39, 0.29) is 5.78 Å². The smallest absolute Gasteiger partial charge is 0.173 e. The van der Waals surface area contributed by atoms with Crippen LogP contribution in [0.1, 0.15) is 36.2 Å². The van der Waals surface area contributed by atoms with Crippen molar-refractivity contribution in [2.45, 2.75) is 26.7 Å². The van der Waals surface area contributed by atoms with E-state index in [0.717, 1.165) is 24.2 Å². The first-order valence-electron chi connectivity index (χ1n) is 6.12. The summed E-state index contributed by atoms with van der Waals surface area (Å²) in [5.41, 5.74) is 7.07. The van der Waals surface area contributed by atoms with Crippen molar-refractivity contribution < 1.29 is 9.53 Å². The second-order valence-electron chi connectivity index (χ2n) is 4.84. The van der Waals surface area contributed by atoms with E-state index in [1.807, 2.05) is 32.0 Å². The number of ketones is 1. The van der Waals surface area contributed by atoms with E-state index >= 15 is 0 Å². The van der Waals surface area contributed by atoms with Crippen LogP contribution in [-0.4, -0.2) is 18.9 Å². The fourth-order valence-electron chi connectivity index (χ4n) is 2.12. The fourth-order valence-corrected chi connectivity index (χ4v) is 2.12. The number of hydrogen-bond acceptors (Lipinski definition) is 3. The molecule has 1 heterocycles. The molecule has 0 aromatic heterocycles. The minimum atomic E-state index is -0.485. The summed E-state index contributed by atoms with van der Waals surface area (Å²) in [6, 6.07) is 5.79. The summed E-state index contributed by atoms with van der Waals surface area (Å²) in [6.45, 7) is 4.95. The third-order valence-electron chi connectivity index (χ3n) is 3.74. The summed E-state index contributed by atoms with van der Waals surface area (Å²) < 4.78 is 5.57. The summed E-state index contributed by atoms with van der Waals surface area (Å²) in [6.07, 6.45) is 1.63. The van der Waals surface area contributed by atoms with Crippen LogP contribution in [-0.2, 0) is 6.42 Å². The highest BCUT2D eigenvalue weighted by Crippen LogP contribution is 2.34. The van der Waals surface area contributed by atoms with Crippen molar-refractivity contribution in [2.24, 2.45) is 11.1 Å². The molecule has 3 heteroatoms. The predicted molar refractivity (Wildman–Crippen MR) is 67.4 cm³/mol. The van der Waals surface area contributed by atoms with Gasteiger partial charge in [0.2, 0.25) is 0 Å². The lowest BCUT2D eigenvalue weighted by Gasteiger charge is -2.25. The first kappa shape index (κ1) is 12.1. The molecule has 0 aliphatic carbocycles. The molecule has 1 aromatic carbocycles. The van der Waals surface area contributed by atoms with E-state index in [1.54, 1.807) is 0 Å². The molecule has 0 bridgehead atoms. The first-order valence-corrected chi connectivity index (χ1v) is 6.12. The normalized spacial score (nSPS) is 17.1. The highest BCUT2D eigenvalue weighted by Gasteiger charge is 2.33. The monoisotopic (exact) mass is 233 g/mol. The number of carbonyl (C=O) groups excluding carboxylic acids is 1. The topological polar surface area (TPSA) is 52.3 Å². The lowest BCUT2D eigenvalue weighted by Crippen LogP contribution is -2.35. The molecule has 3 nitrogen and oxygen atoms in total. The minimum absolute atomic E-state index is 0.0984. The Hall–Kier alpha value is -1.35. The molecule has 17 heavy (non-hydrogen) atoms. The van der Waals surface area contributed by atoms with E-state index in [0.29, 0.717) is 18.7 Å². The Morgan fingerprint density at radius 1 is 1.53 bits per heavy atom. The van der Waals surface area contributed by atoms with Gasteiger partial charge in [-0.3, -0.25) is 4.79 Å². The number of fused-ring (bicyclic) bond motifs is 1. The Bertz CT molecular complexity index is 436. The van der Waals surface area contributed by atoms with Gasteiger partial charge < -0.3 is 10.5 Å². The van der Waals surface area contributed by atoms with Crippen LogP contribution >= 0.6 is 0 Å². The summed E-state index contributed by atoms with van der Waals surface area (Å²) in [5, 5.41) is 0. The molecule has 0 spiro atoms. The third kappa shape index (κ3) is 1.95. The van der Waals surface area contributed by atoms with Gasteiger partial charge in [-0.1, -0.05) is 26.0 Å². The SMILES string of the molecule is CCC(C)(CN)C(=O)c1cccc2c1OCC2. The first-order chi connectivity index (χ1) is 8.12. The number of nitrogens with two attached hydrogens (primary N) is 1. The number of hydrogen-bond donors (Lipinski definition) is 1. The zero-order valence-electron chi connectivity index (χ0n) is 10.5. The maximum absolute atomic E-state index is 12.5. The number of Topliss-reactive ketones (excluding diaryl/α,β-unsaturated/α-hetero) is 1. The second kappa shape index (κ2) is 4.49. The Morgan fingerprint density at radius 3 is 2.94 bits per heavy atom. The lowest BCUT2D eigenvalue weighted by atomic mass is 9.79. The van der Waals surface area contributed by atoms with Crippen molar-refractivity contribution in [1.82, 2.24) is 0 Å². The van der Waals surface area contributed by atoms with E-state index < -0.39 is 5.41 Å². The van der Waals surface area contributed by atoms with Crippen molar-refractivity contribution in [2.75, 3.05) is 13.2 Å². The number of rotatable bonds is 4. The van der Waals surface area contributed by atoms with Crippen LogP contribution in [0.2, 0.25) is 0 Å². The zero-order chi connectivity index (χ0) is 12.5. The van der Waals surface area contributed by atoms with Gasteiger partial charge in [0.15, 0.2) is 5.78 Å². The molecular formula is C14H19NO2. The lowest BCUT2D eigenvalue weighted by molar-refractivity contribution is 0.0817. The second-order valence-corrected chi connectivity index (χ2v) is 4.84. The van der Waals surface area contributed by atoms with Gasteiger partial charge in [0.25, 0.3) is 0 Å². The zero-order valence-corrected chi connectivity index (χ0v) is 10.5.